The predicted octanol–water partition coefficient (Wildman–Crippen LogP) is 1.64. The summed E-state index contributed by atoms with van der Waals surface area (Å²) in [6, 6.07) is 1.05. The Morgan fingerprint density at radius 2 is 1.89 bits per heavy atom. The van der Waals surface area contributed by atoms with Gasteiger partial charge in [-0.15, -0.1) is 0 Å². The van der Waals surface area contributed by atoms with Gasteiger partial charge in [0.1, 0.15) is 0 Å². The number of hydrogen-bond donors (Lipinski definition) is 0. The number of ether oxygens (including phenoxy) is 1. The van der Waals surface area contributed by atoms with Crippen molar-refractivity contribution in [3.8, 4) is 0 Å². The molecule has 1 amide bonds. The fraction of sp³-hybridized carbons (Fsp3) is 0.933. The molecule has 3 aliphatic rings. The van der Waals surface area contributed by atoms with E-state index in [1.54, 1.807) is 0 Å². The van der Waals surface area contributed by atoms with Crippen molar-refractivity contribution in [2.75, 3.05) is 26.7 Å². The first kappa shape index (κ1) is 13.4. The van der Waals surface area contributed by atoms with Gasteiger partial charge in [0, 0.05) is 25.2 Å². The number of hydrogen-bond acceptors (Lipinski definition) is 3. The van der Waals surface area contributed by atoms with Crippen molar-refractivity contribution in [2.24, 2.45) is 0 Å². The summed E-state index contributed by atoms with van der Waals surface area (Å²) in [5.74, 6) is 0.328. The average Bonchev–Trinajstić information content (AvgIpc) is 3.07. The van der Waals surface area contributed by atoms with E-state index in [0.29, 0.717) is 24.4 Å². The molecule has 3 saturated heterocycles. The Balaban J connectivity index is 1.60. The van der Waals surface area contributed by atoms with Crippen LogP contribution in [0.2, 0.25) is 0 Å². The highest BCUT2D eigenvalue weighted by Gasteiger charge is 2.38. The maximum Gasteiger partial charge on any atom is 0.225 e. The summed E-state index contributed by atoms with van der Waals surface area (Å²) in [4.78, 5) is 17.1. The van der Waals surface area contributed by atoms with Gasteiger partial charge in [-0.1, -0.05) is 0 Å². The normalized spacial score (nSPS) is 36.3. The maximum atomic E-state index is 12.5. The number of nitrogens with zero attached hydrogens (tertiary/aromatic N) is 2. The number of likely N-dealkylation sites (N-methyl/N-ethyl adjacent to an activating group) is 1. The lowest BCUT2D eigenvalue weighted by atomic mass is 10.0. The number of carbonyl (C=O) groups excluding carboxylic acids is 1. The van der Waals surface area contributed by atoms with Crippen molar-refractivity contribution in [3.63, 3.8) is 0 Å². The molecule has 19 heavy (non-hydrogen) atoms. The van der Waals surface area contributed by atoms with E-state index in [9.17, 15) is 4.79 Å². The quantitative estimate of drug-likeness (QED) is 0.778. The molecule has 4 nitrogen and oxygen atoms in total. The second-order valence-electron chi connectivity index (χ2n) is 6.33. The molecule has 3 aliphatic heterocycles. The average molecular weight is 266 g/mol. The zero-order valence-electron chi connectivity index (χ0n) is 12.0. The molecule has 0 radical (unpaired) electrons. The Morgan fingerprint density at radius 3 is 2.58 bits per heavy atom. The Labute approximate surface area is 116 Å². The number of likely N-dealkylation sites (tertiary alicyclic amines) is 2. The van der Waals surface area contributed by atoms with Crippen LogP contribution in [0.1, 0.15) is 44.9 Å². The van der Waals surface area contributed by atoms with Crippen LogP contribution in [0.4, 0.5) is 0 Å². The minimum atomic E-state index is 0.190. The fourth-order valence-electron chi connectivity index (χ4n) is 4.04. The summed E-state index contributed by atoms with van der Waals surface area (Å²) >= 11 is 0. The van der Waals surface area contributed by atoms with Gasteiger partial charge in [0.2, 0.25) is 5.91 Å². The van der Waals surface area contributed by atoms with E-state index in [2.05, 4.69) is 16.8 Å². The van der Waals surface area contributed by atoms with Gasteiger partial charge in [0.25, 0.3) is 0 Å². The van der Waals surface area contributed by atoms with Crippen LogP contribution in [0.3, 0.4) is 0 Å². The lowest BCUT2D eigenvalue weighted by molar-refractivity contribution is -0.135. The fourth-order valence-corrected chi connectivity index (χ4v) is 4.04. The Bertz CT molecular complexity index is 328. The molecule has 108 valence electrons. The van der Waals surface area contributed by atoms with Crippen LogP contribution in [-0.2, 0) is 9.53 Å². The molecular formula is C15H26N2O2. The highest BCUT2D eigenvalue weighted by atomic mass is 16.5. The van der Waals surface area contributed by atoms with Crippen LogP contribution < -0.4 is 0 Å². The van der Waals surface area contributed by atoms with E-state index in [1.165, 1.54) is 32.2 Å². The molecule has 0 N–H and O–H groups in total. The van der Waals surface area contributed by atoms with Crippen LogP contribution in [0.5, 0.6) is 0 Å². The van der Waals surface area contributed by atoms with Crippen molar-refractivity contribution in [1.29, 1.82) is 0 Å². The summed E-state index contributed by atoms with van der Waals surface area (Å²) in [6.07, 6.45) is 7.87. The van der Waals surface area contributed by atoms with Gasteiger partial charge in [0.05, 0.1) is 12.5 Å². The summed E-state index contributed by atoms with van der Waals surface area (Å²) in [5, 5.41) is 0. The second kappa shape index (κ2) is 5.80. The van der Waals surface area contributed by atoms with Crippen LogP contribution in [0.25, 0.3) is 0 Å². The van der Waals surface area contributed by atoms with Gasteiger partial charge in [-0.3, -0.25) is 4.79 Å². The molecule has 0 saturated carbocycles. The summed E-state index contributed by atoms with van der Waals surface area (Å²) in [6.45, 7) is 2.99. The van der Waals surface area contributed by atoms with Gasteiger partial charge in [-0.05, 0) is 52.1 Å². The molecule has 0 aliphatic carbocycles. The summed E-state index contributed by atoms with van der Waals surface area (Å²) in [5.41, 5.74) is 0. The van der Waals surface area contributed by atoms with E-state index < -0.39 is 0 Å². The van der Waals surface area contributed by atoms with Gasteiger partial charge >= 0.3 is 0 Å². The summed E-state index contributed by atoms with van der Waals surface area (Å²) in [7, 11) is 2.21. The zero-order valence-corrected chi connectivity index (χ0v) is 12.0. The van der Waals surface area contributed by atoms with Crippen LogP contribution in [0, 0.1) is 0 Å². The first-order valence-corrected chi connectivity index (χ1v) is 7.87. The van der Waals surface area contributed by atoms with Crippen LogP contribution in [0.15, 0.2) is 0 Å². The van der Waals surface area contributed by atoms with Crippen molar-refractivity contribution in [3.05, 3.63) is 0 Å². The van der Waals surface area contributed by atoms with E-state index in [-0.39, 0.29) is 6.10 Å². The Morgan fingerprint density at radius 1 is 1.11 bits per heavy atom. The van der Waals surface area contributed by atoms with Crippen LogP contribution >= 0.6 is 0 Å². The molecule has 3 fully saturated rings. The van der Waals surface area contributed by atoms with E-state index >= 15 is 0 Å². The highest BCUT2D eigenvalue weighted by molar-refractivity contribution is 5.77. The molecular weight excluding hydrogens is 240 g/mol. The lowest BCUT2D eigenvalue weighted by Gasteiger charge is -2.33. The smallest absolute Gasteiger partial charge is 0.225 e. The molecule has 3 unspecified atom stereocenters. The molecule has 0 aromatic carbocycles. The Kier molecular flexibility index (Phi) is 4.08. The highest BCUT2D eigenvalue weighted by Crippen LogP contribution is 2.30. The lowest BCUT2D eigenvalue weighted by Crippen LogP contribution is -2.47. The van der Waals surface area contributed by atoms with Crippen molar-refractivity contribution < 1.29 is 9.53 Å². The Hall–Kier alpha value is -0.610. The van der Waals surface area contributed by atoms with Crippen LogP contribution in [-0.4, -0.2) is 60.6 Å². The van der Waals surface area contributed by atoms with Crippen molar-refractivity contribution in [2.45, 2.75) is 63.1 Å². The van der Waals surface area contributed by atoms with Gasteiger partial charge < -0.3 is 14.5 Å². The summed E-state index contributed by atoms with van der Waals surface area (Å²) < 4.78 is 5.61. The molecule has 4 heteroatoms. The number of carbonyl (C=O) groups is 1. The molecule has 0 spiro atoms. The van der Waals surface area contributed by atoms with Gasteiger partial charge in [-0.2, -0.15) is 0 Å². The third-order valence-electron chi connectivity index (χ3n) is 5.07. The molecule has 0 bridgehead atoms. The molecule has 3 rings (SSSR count). The first-order chi connectivity index (χ1) is 9.25. The largest absolute Gasteiger partial charge is 0.378 e. The zero-order chi connectivity index (χ0) is 13.2. The van der Waals surface area contributed by atoms with Crippen molar-refractivity contribution >= 4 is 5.91 Å². The standard InChI is InChI=1S/C15H26N2O2/c1-16-8-2-6-13(16)14-7-3-9-17(14)15(18)11-12-5-4-10-19-12/h12-14H,2-11H2,1H3. The minimum Gasteiger partial charge on any atom is -0.378 e. The predicted molar refractivity (Wildman–Crippen MR) is 74.0 cm³/mol. The molecule has 0 aromatic rings. The molecule has 0 aromatic heterocycles. The van der Waals surface area contributed by atoms with E-state index in [1.807, 2.05) is 0 Å². The van der Waals surface area contributed by atoms with Crippen molar-refractivity contribution in [1.82, 2.24) is 9.80 Å². The SMILES string of the molecule is CN1CCCC1C1CCCN1C(=O)CC1CCCO1. The van der Waals surface area contributed by atoms with Gasteiger partial charge in [0.15, 0.2) is 0 Å². The van der Waals surface area contributed by atoms with E-state index in [4.69, 9.17) is 4.74 Å². The third-order valence-corrected chi connectivity index (χ3v) is 5.07. The topological polar surface area (TPSA) is 32.8 Å². The number of rotatable bonds is 3. The number of amides is 1. The minimum absolute atomic E-state index is 0.190. The second-order valence-corrected chi connectivity index (χ2v) is 6.33. The third kappa shape index (κ3) is 2.79. The van der Waals surface area contributed by atoms with Gasteiger partial charge in [-0.25, -0.2) is 0 Å². The maximum absolute atomic E-state index is 12.5. The molecule has 3 heterocycles. The first-order valence-electron chi connectivity index (χ1n) is 7.87. The molecule has 3 atom stereocenters. The van der Waals surface area contributed by atoms with E-state index in [0.717, 1.165) is 26.0 Å². The monoisotopic (exact) mass is 266 g/mol.